The van der Waals surface area contributed by atoms with E-state index in [-0.39, 0.29) is 22.2 Å². The third kappa shape index (κ3) is 10.8. The molecule has 4 aromatic heterocycles. The molecule has 0 spiro atoms. The normalized spacial score (nSPS) is 15.5. The molecule has 0 aliphatic carbocycles. The van der Waals surface area contributed by atoms with Crippen LogP contribution in [-0.4, -0.2) is 124 Å². The molecule has 0 atom stereocenters. The molecule has 8 rings (SSSR count). The van der Waals surface area contributed by atoms with Gasteiger partial charge in [0.1, 0.15) is 5.01 Å². The molecule has 16 nitrogen and oxygen atoms in total. The fraction of sp³-hybridized carbons (Fsp3) is 0.389. The first-order valence-corrected chi connectivity index (χ1v) is 24.4. The number of likely N-dealkylation sites (tertiary alicyclic amines) is 2. The van der Waals surface area contributed by atoms with E-state index in [0.29, 0.717) is 16.7 Å². The quantitative estimate of drug-likeness (QED) is 0.230. The van der Waals surface area contributed by atoms with E-state index < -0.39 is 26.8 Å². The lowest BCUT2D eigenvalue weighted by molar-refractivity contribution is -0.130. The number of rotatable bonds is 6. The monoisotopic (exact) mass is 932 g/mol. The summed E-state index contributed by atoms with van der Waals surface area (Å²) in [6.45, 7) is 6.47. The van der Waals surface area contributed by atoms with E-state index in [9.17, 15) is 26.4 Å². The van der Waals surface area contributed by atoms with Gasteiger partial charge in [0, 0.05) is 69.9 Å². The molecule has 6 heterocycles. The van der Waals surface area contributed by atoms with Gasteiger partial charge in [-0.2, -0.15) is 5.10 Å². The van der Waals surface area contributed by atoms with Crippen LogP contribution < -0.4 is 5.46 Å². The minimum Gasteiger partial charge on any atom is -0.423 e. The number of nitrogens with zero attached hydrogens (tertiary/aromatic N) is 8. The van der Waals surface area contributed by atoms with Gasteiger partial charge in [0.2, 0.25) is 21.7 Å². The molecule has 2 fully saturated rings. The molecule has 2 saturated heterocycles. The van der Waals surface area contributed by atoms with Crippen LogP contribution in [0.5, 0.6) is 0 Å². The molecule has 0 bridgehead atoms. The second kappa shape index (κ2) is 18.1. The van der Waals surface area contributed by atoms with Crippen LogP contribution in [0.25, 0.3) is 20.5 Å². The molecular weight excluding hydrogens is 891 g/mol. The zero-order chi connectivity index (χ0) is 41.9. The summed E-state index contributed by atoms with van der Waals surface area (Å²) < 4.78 is 49.6. The summed E-state index contributed by atoms with van der Waals surface area (Å²) >= 11 is 6.37. The summed E-state index contributed by atoms with van der Waals surface area (Å²) in [5, 5.41) is 27.1. The predicted octanol–water partition coefficient (Wildman–Crippen LogP) is 3.64. The molecule has 2 N–H and O–H groups in total. The minimum atomic E-state index is -3.21. The van der Waals surface area contributed by atoms with Crippen LogP contribution in [0.15, 0.2) is 74.6 Å². The number of sulfone groups is 2. The van der Waals surface area contributed by atoms with Gasteiger partial charge in [0.05, 0.1) is 33.6 Å². The number of hydrogen-bond acceptors (Lipinski definition) is 14. The fourth-order valence-electron chi connectivity index (χ4n) is 6.63. The Morgan fingerprint density at radius 3 is 1.48 bits per heavy atom. The zero-order valence-corrected chi connectivity index (χ0v) is 36.9. The topological polar surface area (TPSA) is 210 Å². The van der Waals surface area contributed by atoms with E-state index in [2.05, 4.69) is 31.1 Å². The molecule has 2 amide bonds. The molecule has 2 aliphatic heterocycles. The van der Waals surface area contributed by atoms with E-state index >= 15 is 0 Å². The standard InChI is InChI=1S/C18H20N4O3S2.C11H13BrN4OS.C7H9BO4S/c1-12(23)21-9-7-13(8-10-21)16-11-22-18(19-16)26-17(20-22)14-3-5-15(6-4-14)27(2,24)25;1-7(17)15-4-2-8(3-5-15)9-6-16-11(13-9)18-10(12)14-16;1-13(11,12)7-4-2-6(3-5-7)8(9)10/h3-6,11,13H,7-10H2,1-2H3;6,8H,2-5H2,1H3;2-5,9-10H,1H3. The Bertz CT molecular complexity index is 2550. The summed E-state index contributed by atoms with van der Waals surface area (Å²) in [4.78, 5) is 38.1. The third-order valence-corrected chi connectivity index (χ3v) is 14.5. The number of fused-ring (bicyclic) bond motifs is 2. The second-order valence-corrected chi connectivity index (χ2v) is 21.3. The van der Waals surface area contributed by atoms with E-state index in [1.165, 1.54) is 53.2 Å². The van der Waals surface area contributed by atoms with Crippen molar-refractivity contribution < 1.29 is 36.5 Å². The number of piperidine rings is 2. The molecule has 2 aliphatic rings. The average molecular weight is 934 g/mol. The van der Waals surface area contributed by atoms with E-state index in [1.807, 2.05) is 26.7 Å². The van der Waals surface area contributed by atoms with Gasteiger partial charge in [-0.1, -0.05) is 46.9 Å². The van der Waals surface area contributed by atoms with Crippen molar-refractivity contribution in [1.82, 2.24) is 39.0 Å². The Morgan fingerprint density at radius 2 is 1.10 bits per heavy atom. The Labute approximate surface area is 352 Å². The third-order valence-electron chi connectivity index (χ3n) is 9.95. The Hall–Kier alpha value is -4.06. The van der Waals surface area contributed by atoms with Crippen molar-refractivity contribution in [3.05, 3.63) is 76.2 Å². The lowest BCUT2D eigenvalue weighted by Crippen LogP contribution is -2.36. The van der Waals surface area contributed by atoms with Crippen molar-refractivity contribution in [2.24, 2.45) is 0 Å². The van der Waals surface area contributed by atoms with Gasteiger partial charge in [-0.3, -0.25) is 9.59 Å². The van der Waals surface area contributed by atoms with E-state index in [4.69, 9.17) is 15.0 Å². The maximum absolute atomic E-state index is 11.6. The van der Waals surface area contributed by atoms with Crippen molar-refractivity contribution in [2.45, 2.75) is 61.2 Å². The highest BCUT2D eigenvalue weighted by molar-refractivity contribution is 9.11. The van der Waals surface area contributed by atoms with Crippen LogP contribution in [0, 0.1) is 0 Å². The first kappa shape index (κ1) is 43.5. The number of amides is 2. The van der Waals surface area contributed by atoms with Crippen molar-refractivity contribution in [1.29, 1.82) is 0 Å². The summed E-state index contributed by atoms with van der Waals surface area (Å²) in [7, 11) is -7.97. The highest BCUT2D eigenvalue weighted by Gasteiger charge is 2.26. The van der Waals surface area contributed by atoms with Crippen LogP contribution in [-0.2, 0) is 29.3 Å². The van der Waals surface area contributed by atoms with Crippen molar-refractivity contribution in [3.63, 3.8) is 0 Å². The Balaban J connectivity index is 0.000000158. The number of aromatic nitrogens is 6. The number of halogens is 1. The van der Waals surface area contributed by atoms with Gasteiger partial charge >= 0.3 is 7.12 Å². The predicted molar refractivity (Wildman–Crippen MR) is 226 cm³/mol. The fourth-order valence-corrected chi connectivity index (χ4v) is 10.0. The maximum Gasteiger partial charge on any atom is 0.488 e. The van der Waals surface area contributed by atoms with Gasteiger partial charge in [-0.05, 0) is 71.3 Å². The smallest absolute Gasteiger partial charge is 0.423 e. The van der Waals surface area contributed by atoms with Gasteiger partial charge < -0.3 is 19.8 Å². The Morgan fingerprint density at radius 1 is 0.690 bits per heavy atom. The molecular formula is C36H42BBrN8O8S4. The summed E-state index contributed by atoms with van der Waals surface area (Å²) in [5.41, 5.74) is 3.27. The van der Waals surface area contributed by atoms with E-state index in [0.717, 1.165) is 93.9 Å². The zero-order valence-electron chi connectivity index (χ0n) is 32.1. The van der Waals surface area contributed by atoms with Crippen molar-refractivity contribution in [2.75, 3.05) is 38.7 Å². The largest absolute Gasteiger partial charge is 0.488 e. The average Bonchev–Trinajstić information content (AvgIpc) is 3.95. The highest BCUT2D eigenvalue weighted by Crippen LogP contribution is 2.32. The number of carbonyl (C=O) groups is 2. The van der Waals surface area contributed by atoms with Crippen LogP contribution in [0.2, 0.25) is 0 Å². The number of imidazole rings is 2. The maximum atomic E-state index is 11.6. The first-order valence-electron chi connectivity index (χ1n) is 18.2. The van der Waals surface area contributed by atoms with Crippen LogP contribution in [0.4, 0.5) is 0 Å². The number of benzene rings is 2. The lowest BCUT2D eigenvalue weighted by Gasteiger charge is -2.30. The SMILES string of the molecule is CC(=O)N1CCC(c2cn3nc(-c4ccc(S(C)(=O)=O)cc4)sc3n2)CC1.CC(=O)N1CCC(c2cn3nc(Br)sc3n2)CC1.CS(=O)(=O)c1ccc(B(O)O)cc1. The lowest BCUT2D eigenvalue weighted by atomic mass is 9.81. The van der Waals surface area contributed by atoms with Crippen LogP contribution >= 0.6 is 38.6 Å². The summed E-state index contributed by atoms with van der Waals surface area (Å²) in [5.74, 6) is 1.11. The molecule has 58 heavy (non-hydrogen) atoms. The molecule has 2 aromatic carbocycles. The van der Waals surface area contributed by atoms with Crippen molar-refractivity contribution in [3.8, 4) is 10.6 Å². The van der Waals surface area contributed by atoms with Crippen molar-refractivity contribution >= 4 is 92.6 Å². The highest BCUT2D eigenvalue weighted by atomic mass is 79.9. The molecule has 0 saturated carbocycles. The van der Waals surface area contributed by atoms with Crippen LogP contribution in [0.3, 0.4) is 0 Å². The first-order chi connectivity index (χ1) is 27.3. The number of carbonyl (C=O) groups excluding carboxylic acids is 2. The van der Waals surface area contributed by atoms with Gasteiger partial charge in [0.25, 0.3) is 0 Å². The molecule has 0 radical (unpaired) electrons. The van der Waals surface area contributed by atoms with Gasteiger partial charge in [-0.25, -0.2) is 35.8 Å². The van der Waals surface area contributed by atoms with Gasteiger partial charge in [-0.15, -0.1) is 5.10 Å². The summed E-state index contributed by atoms with van der Waals surface area (Å²) in [6.07, 6.45) is 10.1. The molecule has 6 aromatic rings. The van der Waals surface area contributed by atoms with Crippen LogP contribution in [0.1, 0.15) is 62.8 Å². The molecule has 22 heteroatoms. The second-order valence-electron chi connectivity index (χ2n) is 14.1. The molecule has 308 valence electrons. The molecule has 0 unspecified atom stereocenters. The number of hydrogen-bond donors (Lipinski definition) is 2. The summed E-state index contributed by atoms with van der Waals surface area (Å²) in [6, 6.07) is 12.1. The van der Waals surface area contributed by atoms with E-state index in [1.54, 1.807) is 42.6 Å². The Kier molecular flexibility index (Phi) is 13.6. The minimum absolute atomic E-state index is 0.132. The van der Waals surface area contributed by atoms with Gasteiger partial charge in [0.15, 0.2) is 23.6 Å².